The zero-order valence-electron chi connectivity index (χ0n) is 12.0. The number of carbonyl (C=O) groups is 1. The van der Waals surface area contributed by atoms with Gasteiger partial charge in [0.25, 0.3) is 0 Å². The molecular weight excluding hydrogens is 252 g/mol. The van der Waals surface area contributed by atoms with Crippen molar-refractivity contribution in [2.24, 2.45) is 0 Å². The Kier molecular flexibility index (Phi) is 6.02. The quantitative estimate of drug-likeness (QED) is 0.751. The van der Waals surface area contributed by atoms with Crippen LogP contribution in [-0.2, 0) is 6.54 Å². The van der Waals surface area contributed by atoms with Crippen molar-refractivity contribution in [1.82, 2.24) is 10.2 Å². The van der Waals surface area contributed by atoms with E-state index in [4.69, 9.17) is 5.11 Å². The summed E-state index contributed by atoms with van der Waals surface area (Å²) in [7, 11) is 0. The number of rotatable bonds is 7. The molecule has 1 aliphatic heterocycles. The Hall–Kier alpha value is -1.39. The zero-order valence-corrected chi connectivity index (χ0v) is 12.0. The molecule has 2 rings (SSSR count). The van der Waals surface area contributed by atoms with Gasteiger partial charge in [0.2, 0.25) is 0 Å². The lowest BCUT2D eigenvalue weighted by Crippen LogP contribution is -2.32. The van der Waals surface area contributed by atoms with Gasteiger partial charge < -0.3 is 15.3 Å². The molecular formula is C16H24N2O2. The van der Waals surface area contributed by atoms with Crippen LogP contribution >= 0.6 is 0 Å². The molecule has 1 aromatic carbocycles. The lowest BCUT2D eigenvalue weighted by Gasteiger charge is -2.26. The van der Waals surface area contributed by atoms with Gasteiger partial charge in [0.15, 0.2) is 0 Å². The molecule has 20 heavy (non-hydrogen) atoms. The largest absolute Gasteiger partial charge is 0.478 e. The lowest BCUT2D eigenvalue weighted by molar-refractivity contribution is 0.0696. The predicted octanol–water partition coefficient (Wildman–Crippen LogP) is 2.35. The van der Waals surface area contributed by atoms with Crippen molar-refractivity contribution in [1.29, 1.82) is 0 Å². The van der Waals surface area contributed by atoms with Crippen molar-refractivity contribution in [3.05, 3.63) is 35.4 Å². The second kappa shape index (κ2) is 8.02. The Labute approximate surface area is 120 Å². The number of hydrogen-bond acceptors (Lipinski definition) is 3. The monoisotopic (exact) mass is 276 g/mol. The molecule has 1 aromatic rings. The highest BCUT2D eigenvalue weighted by Crippen LogP contribution is 2.08. The van der Waals surface area contributed by atoms with E-state index >= 15 is 0 Å². The van der Waals surface area contributed by atoms with Gasteiger partial charge in [-0.3, -0.25) is 0 Å². The third kappa shape index (κ3) is 4.94. The third-order valence-electron chi connectivity index (χ3n) is 3.78. The molecule has 1 heterocycles. The van der Waals surface area contributed by atoms with Crippen LogP contribution < -0.4 is 5.32 Å². The minimum Gasteiger partial charge on any atom is -0.478 e. The summed E-state index contributed by atoms with van der Waals surface area (Å²) in [4.78, 5) is 13.4. The molecule has 0 unspecified atom stereocenters. The van der Waals surface area contributed by atoms with E-state index in [-0.39, 0.29) is 0 Å². The summed E-state index contributed by atoms with van der Waals surface area (Å²) in [5.41, 5.74) is 1.39. The molecule has 0 amide bonds. The van der Waals surface area contributed by atoms with Gasteiger partial charge >= 0.3 is 5.97 Å². The first-order valence-electron chi connectivity index (χ1n) is 7.51. The molecule has 110 valence electrons. The first kappa shape index (κ1) is 15.0. The van der Waals surface area contributed by atoms with Gasteiger partial charge in [-0.25, -0.2) is 4.79 Å². The molecule has 0 aliphatic carbocycles. The Bertz CT molecular complexity index is 428. The summed E-state index contributed by atoms with van der Waals surface area (Å²) in [6.07, 6.45) is 5.22. The number of carboxylic acids is 1. The van der Waals surface area contributed by atoms with E-state index in [1.165, 1.54) is 38.9 Å². The van der Waals surface area contributed by atoms with Crippen LogP contribution in [0.3, 0.4) is 0 Å². The fraction of sp³-hybridized carbons (Fsp3) is 0.562. The highest BCUT2D eigenvalue weighted by atomic mass is 16.4. The standard InChI is InChI=1S/C16H24N2O2/c19-16(20)15-7-4-6-14(12-15)13-17-8-5-11-18-9-2-1-3-10-18/h4,6-7,12,17H,1-3,5,8-11,13H2,(H,19,20). The van der Waals surface area contributed by atoms with Gasteiger partial charge in [-0.15, -0.1) is 0 Å². The molecule has 0 bridgehead atoms. The SMILES string of the molecule is O=C(O)c1cccc(CNCCCN2CCCCC2)c1. The van der Waals surface area contributed by atoms with Crippen LogP contribution in [0.2, 0.25) is 0 Å². The average molecular weight is 276 g/mol. The number of piperidine rings is 1. The van der Waals surface area contributed by atoms with E-state index in [2.05, 4.69) is 10.2 Å². The summed E-state index contributed by atoms with van der Waals surface area (Å²) in [6, 6.07) is 7.13. The van der Waals surface area contributed by atoms with Gasteiger partial charge in [0, 0.05) is 6.54 Å². The Morgan fingerprint density at radius 3 is 2.80 bits per heavy atom. The number of carboxylic acid groups (broad SMARTS) is 1. The molecule has 0 aromatic heterocycles. The summed E-state index contributed by atoms with van der Waals surface area (Å²) in [6.45, 7) is 5.39. The molecule has 0 spiro atoms. The molecule has 4 nitrogen and oxygen atoms in total. The maximum atomic E-state index is 10.9. The lowest BCUT2D eigenvalue weighted by atomic mass is 10.1. The van der Waals surface area contributed by atoms with Crippen molar-refractivity contribution in [3.8, 4) is 0 Å². The van der Waals surface area contributed by atoms with Crippen LogP contribution in [-0.4, -0.2) is 42.2 Å². The van der Waals surface area contributed by atoms with Gasteiger partial charge in [-0.2, -0.15) is 0 Å². The van der Waals surface area contributed by atoms with Crippen LogP contribution in [0.25, 0.3) is 0 Å². The third-order valence-corrected chi connectivity index (χ3v) is 3.78. The molecule has 0 saturated carbocycles. The van der Waals surface area contributed by atoms with E-state index in [0.717, 1.165) is 25.1 Å². The fourth-order valence-corrected chi connectivity index (χ4v) is 2.66. The first-order valence-corrected chi connectivity index (χ1v) is 7.51. The molecule has 2 N–H and O–H groups in total. The normalized spacial score (nSPS) is 16.2. The van der Waals surface area contributed by atoms with E-state index in [0.29, 0.717) is 5.56 Å². The summed E-state index contributed by atoms with van der Waals surface area (Å²) < 4.78 is 0. The van der Waals surface area contributed by atoms with E-state index in [1.807, 2.05) is 6.07 Å². The van der Waals surface area contributed by atoms with Crippen molar-refractivity contribution in [3.63, 3.8) is 0 Å². The molecule has 0 radical (unpaired) electrons. The molecule has 1 fully saturated rings. The van der Waals surface area contributed by atoms with E-state index < -0.39 is 5.97 Å². The average Bonchev–Trinajstić information content (AvgIpc) is 2.48. The number of nitrogens with one attached hydrogen (secondary N) is 1. The molecule has 1 saturated heterocycles. The van der Waals surface area contributed by atoms with Crippen LogP contribution in [0.1, 0.15) is 41.6 Å². The second-order valence-corrected chi connectivity index (χ2v) is 5.44. The summed E-state index contributed by atoms with van der Waals surface area (Å²) in [5.74, 6) is -0.864. The molecule has 1 aliphatic rings. The Morgan fingerprint density at radius 2 is 2.05 bits per heavy atom. The summed E-state index contributed by atoms with van der Waals surface area (Å²) >= 11 is 0. The second-order valence-electron chi connectivity index (χ2n) is 5.44. The first-order chi connectivity index (χ1) is 9.75. The Balaban J connectivity index is 1.63. The number of aromatic carboxylic acids is 1. The van der Waals surface area contributed by atoms with Gasteiger partial charge in [0.05, 0.1) is 5.56 Å². The van der Waals surface area contributed by atoms with Gasteiger partial charge in [-0.1, -0.05) is 18.6 Å². The van der Waals surface area contributed by atoms with Gasteiger partial charge in [0.1, 0.15) is 0 Å². The van der Waals surface area contributed by atoms with Crippen LogP contribution in [0, 0.1) is 0 Å². The van der Waals surface area contributed by atoms with Crippen LogP contribution in [0.5, 0.6) is 0 Å². The number of hydrogen-bond donors (Lipinski definition) is 2. The topological polar surface area (TPSA) is 52.6 Å². The van der Waals surface area contributed by atoms with Crippen molar-refractivity contribution < 1.29 is 9.90 Å². The highest BCUT2D eigenvalue weighted by Gasteiger charge is 2.08. The smallest absolute Gasteiger partial charge is 0.335 e. The van der Waals surface area contributed by atoms with Crippen molar-refractivity contribution in [2.45, 2.75) is 32.2 Å². The van der Waals surface area contributed by atoms with E-state index in [9.17, 15) is 4.79 Å². The van der Waals surface area contributed by atoms with Crippen LogP contribution in [0.4, 0.5) is 0 Å². The van der Waals surface area contributed by atoms with Gasteiger partial charge in [-0.05, 0) is 63.1 Å². The molecule has 4 heteroatoms. The fourth-order valence-electron chi connectivity index (χ4n) is 2.66. The maximum absolute atomic E-state index is 10.9. The van der Waals surface area contributed by atoms with E-state index in [1.54, 1.807) is 18.2 Å². The zero-order chi connectivity index (χ0) is 14.2. The van der Waals surface area contributed by atoms with Crippen molar-refractivity contribution in [2.75, 3.05) is 26.2 Å². The predicted molar refractivity (Wildman–Crippen MR) is 80.0 cm³/mol. The highest BCUT2D eigenvalue weighted by molar-refractivity contribution is 5.87. The number of likely N-dealkylation sites (tertiary alicyclic amines) is 1. The minimum atomic E-state index is -0.864. The van der Waals surface area contributed by atoms with Crippen LogP contribution in [0.15, 0.2) is 24.3 Å². The number of nitrogens with zero attached hydrogens (tertiary/aromatic N) is 1. The Morgan fingerprint density at radius 1 is 1.25 bits per heavy atom. The maximum Gasteiger partial charge on any atom is 0.335 e. The summed E-state index contributed by atoms with van der Waals surface area (Å²) in [5, 5.41) is 12.3. The van der Waals surface area contributed by atoms with Crippen molar-refractivity contribution >= 4 is 5.97 Å². The molecule has 0 atom stereocenters. The minimum absolute atomic E-state index is 0.359. The number of benzene rings is 1.